The van der Waals surface area contributed by atoms with E-state index in [1.807, 2.05) is 42.5 Å². The van der Waals surface area contributed by atoms with Gasteiger partial charge >= 0.3 is 0 Å². The number of hydrazone groups is 1. The first-order valence-electron chi connectivity index (χ1n) is 8.33. The Morgan fingerprint density at radius 3 is 2.78 bits per heavy atom. The van der Waals surface area contributed by atoms with E-state index >= 15 is 0 Å². The van der Waals surface area contributed by atoms with E-state index in [0.717, 1.165) is 16.5 Å². The lowest BCUT2D eigenvalue weighted by Gasteiger charge is -2.08. The minimum Gasteiger partial charge on any atom is -0.454 e. The number of carbonyl (C=O) groups is 1. The van der Waals surface area contributed by atoms with E-state index < -0.39 is 0 Å². The van der Waals surface area contributed by atoms with Crippen LogP contribution < -0.4 is 20.2 Å². The molecular formula is C20H16ClN3O3. The van der Waals surface area contributed by atoms with Crippen LogP contribution in [-0.2, 0) is 4.79 Å². The molecule has 0 aromatic heterocycles. The predicted octanol–water partition coefficient (Wildman–Crippen LogP) is 3.78. The van der Waals surface area contributed by atoms with Gasteiger partial charge in [0.05, 0.1) is 17.8 Å². The number of amides is 1. The summed E-state index contributed by atoms with van der Waals surface area (Å²) in [5.74, 6) is 0.932. The SMILES string of the molecule is O=C(CNc1cccc2ccccc12)N/N=C/c1cc2c(cc1Cl)OCO2. The summed E-state index contributed by atoms with van der Waals surface area (Å²) in [5.41, 5.74) is 4.00. The highest BCUT2D eigenvalue weighted by Crippen LogP contribution is 2.36. The highest BCUT2D eigenvalue weighted by molar-refractivity contribution is 6.33. The normalized spacial score (nSPS) is 12.5. The number of halogens is 1. The number of rotatable bonds is 5. The Bertz CT molecular complexity index is 1030. The summed E-state index contributed by atoms with van der Waals surface area (Å²) in [7, 11) is 0. The second-order valence-corrected chi connectivity index (χ2v) is 6.31. The number of nitrogens with one attached hydrogen (secondary N) is 2. The lowest BCUT2D eigenvalue weighted by molar-refractivity contribution is -0.119. The van der Waals surface area contributed by atoms with Crippen LogP contribution in [0.2, 0.25) is 5.02 Å². The van der Waals surface area contributed by atoms with Crippen molar-refractivity contribution in [1.82, 2.24) is 5.43 Å². The molecule has 6 nitrogen and oxygen atoms in total. The molecule has 0 radical (unpaired) electrons. The largest absolute Gasteiger partial charge is 0.454 e. The van der Waals surface area contributed by atoms with Gasteiger partial charge in [0.25, 0.3) is 5.91 Å². The molecule has 3 aromatic rings. The van der Waals surface area contributed by atoms with Crippen LogP contribution in [0.3, 0.4) is 0 Å². The van der Waals surface area contributed by atoms with Crippen molar-refractivity contribution in [3.63, 3.8) is 0 Å². The molecule has 2 N–H and O–H groups in total. The van der Waals surface area contributed by atoms with Crippen molar-refractivity contribution in [2.45, 2.75) is 0 Å². The fourth-order valence-electron chi connectivity index (χ4n) is 2.80. The van der Waals surface area contributed by atoms with Crippen LogP contribution in [0.5, 0.6) is 11.5 Å². The lowest BCUT2D eigenvalue weighted by Crippen LogP contribution is -2.25. The Balaban J connectivity index is 1.37. The molecule has 0 bridgehead atoms. The van der Waals surface area contributed by atoms with Gasteiger partial charge in [0.15, 0.2) is 11.5 Å². The minimum absolute atomic E-state index is 0.0974. The van der Waals surface area contributed by atoms with E-state index in [-0.39, 0.29) is 19.2 Å². The molecular weight excluding hydrogens is 366 g/mol. The molecule has 1 aliphatic heterocycles. The van der Waals surface area contributed by atoms with Gasteiger partial charge in [-0.1, -0.05) is 48.0 Å². The molecule has 0 aliphatic carbocycles. The van der Waals surface area contributed by atoms with Crippen LogP contribution in [0.15, 0.2) is 59.7 Å². The summed E-state index contributed by atoms with van der Waals surface area (Å²) >= 11 is 6.17. The number of fused-ring (bicyclic) bond motifs is 2. The van der Waals surface area contributed by atoms with Crippen molar-refractivity contribution in [2.75, 3.05) is 18.7 Å². The van der Waals surface area contributed by atoms with Crippen molar-refractivity contribution >= 4 is 40.2 Å². The van der Waals surface area contributed by atoms with Gasteiger partial charge in [-0.05, 0) is 17.5 Å². The van der Waals surface area contributed by atoms with Crippen LogP contribution in [0.1, 0.15) is 5.56 Å². The summed E-state index contributed by atoms with van der Waals surface area (Å²) in [5, 5.41) is 9.72. The van der Waals surface area contributed by atoms with Gasteiger partial charge in [-0.2, -0.15) is 5.10 Å². The molecule has 0 atom stereocenters. The molecule has 3 aromatic carbocycles. The zero-order valence-electron chi connectivity index (χ0n) is 14.2. The first-order valence-corrected chi connectivity index (χ1v) is 8.71. The average molecular weight is 382 g/mol. The summed E-state index contributed by atoms with van der Waals surface area (Å²) in [4.78, 5) is 12.0. The summed E-state index contributed by atoms with van der Waals surface area (Å²) in [6.45, 7) is 0.267. The number of carbonyl (C=O) groups excluding carboxylic acids is 1. The lowest BCUT2D eigenvalue weighted by atomic mass is 10.1. The van der Waals surface area contributed by atoms with Crippen LogP contribution in [0, 0.1) is 0 Å². The van der Waals surface area contributed by atoms with Gasteiger partial charge in [0.1, 0.15) is 0 Å². The van der Waals surface area contributed by atoms with Gasteiger partial charge in [0.2, 0.25) is 6.79 Å². The Hall–Kier alpha value is -3.25. The summed E-state index contributed by atoms with van der Waals surface area (Å²) in [6, 6.07) is 17.3. The van der Waals surface area contributed by atoms with Crippen LogP contribution in [-0.4, -0.2) is 25.5 Å². The maximum atomic E-state index is 12.0. The van der Waals surface area contributed by atoms with Crippen molar-refractivity contribution in [3.05, 3.63) is 65.2 Å². The van der Waals surface area contributed by atoms with E-state index in [1.54, 1.807) is 12.1 Å². The second kappa shape index (κ2) is 7.55. The van der Waals surface area contributed by atoms with Gasteiger partial charge in [-0.3, -0.25) is 4.79 Å². The van der Waals surface area contributed by atoms with Crippen LogP contribution >= 0.6 is 11.6 Å². The molecule has 1 amide bonds. The number of ether oxygens (including phenoxy) is 2. The van der Waals surface area contributed by atoms with Crippen molar-refractivity contribution in [1.29, 1.82) is 0 Å². The topological polar surface area (TPSA) is 72.0 Å². The Labute approximate surface area is 160 Å². The maximum Gasteiger partial charge on any atom is 0.259 e. The Morgan fingerprint density at radius 2 is 1.89 bits per heavy atom. The molecule has 4 rings (SSSR count). The fraction of sp³-hybridized carbons (Fsp3) is 0.100. The number of benzene rings is 3. The molecule has 7 heteroatoms. The minimum atomic E-state index is -0.268. The third-order valence-electron chi connectivity index (χ3n) is 4.11. The number of hydrogen-bond acceptors (Lipinski definition) is 5. The van der Waals surface area contributed by atoms with Crippen molar-refractivity contribution < 1.29 is 14.3 Å². The molecule has 27 heavy (non-hydrogen) atoms. The smallest absolute Gasteiger partial charge is 0.259 e. The second-order valence-electron chi connectivity index (χ2n) is 5.90. The molecule has 1 heterocycles. The Morgan fingerprint density at radius 1 is 1.11 bits per heavy atom. The van der Waals surface area contributed by atoms with E-state index in [4.69, 9.17) is 21.1 Å². The molecule has 1 aliphatic rings. The number of anilines is 1. The zero-order valence-corrected chi connectivity index (χ0v) is 15.0. The quantitative estimate of drug-likeness (QED) is 0.521. The van der Waals surface area contributed by atoms with Crippen molar-refractivity contribution in [3.8, 4) is 11.5 Å². The van der Waals surface area contributed by atoms with E-state index in [1.165, 1.54) is 6.21 Å². The summed E-state index contributed by atoms with van der Waals surface area (Å²) < 4.78 is 10.6. The molecule has 136 valence electrons. The van der Waals surface area contributed by atoms with Gasteiger partial charge < -0.3 is 14.8 Å². The van der Waals surface area contributed by atoms with Crippen molar-refractivity contribution in [2.24, 2.45) is 5.10 Å². The molecule has 0 fully saturated rings. The highest BCUT2D eigenvalue weighted by atomic mass is 35.5. The third-order valence-corrected chi connectivity index (χ3v) is 4.44. The first kappa shape index (κ1) is 17.2. The van der Waals surface area contributed by atoms with Gasteiger partial charge in [0, 0.05) is 22.7 Å². The third kappa shape index (κ3) is 3.80. The van der Waals surface area contributed by atoms with E-state index in [0.29, 0.717) is 22.1 Å². The average Bonchev–Trinajstić information content (AvgIpc) is 3.13. The van der Waals surface area contributed by atoms with Crippen LogP contribution in [0.25, 0.3) is 10.8 Å². The molecule has 0 unspecified atom stereocenters. The monoisotopic (exact) mass is 381 g/mol. The first-order chi connectivity index (χ1) is 13.2. The molecule has 0 saturated carbocycles. The zero-order chi connectivity index (χ0) is 18.6. The standard InChI is InChI=1S/C20H16ClN3O3/c21-16-9-19-18(26-12-27-19)8-14(16)10-23-24-20(25)11-22-17-7-3-5-13-4-1-2-6-15(13)17/h1-10,22H,11-12H2,(H,24,25)/b23-10+. The highest BCUT2D eigenvalue weighted by Gasteiger charge is 2.15. The maximum absolute atomic E-state index is 12.0. The Kier molecular flexibility index (Phi) is 4.80. The van der Waals surface area contributed by atoms with E-state index in [9.17, 15) is 4.79 Å². The van der Waals surface area contributed by atoms with Gasteiger partial charge in [-0.15, -0.1) is 0 Å². The van der Waals surface area contributed by atoms with Gasteiger partial charge in [-0.25, -0.2) is 5.43 Å². The number of hydrogen-bond donors (Lipinski definition) is 2. The van der Waals surface area contributed by atoms with E-state index in [2.05, 4.69) is 15.8 Å². The number of nitrogens with zero attached hydrogens (tertiary/aromatic N) is 1. The molecule has 0 saturated heterocycles. The predicted molar refractivity (Wildman–Crippen MR) is 106 cm³/mol. The fourth-order valence-corrected chi connectivity index (χ4v) is 3.00. The molecule has 0 spiro atoms. The summed E-state index contributed by atoms with van der Waals surface area (Å²) in [6.07, 6.45) is 1.47. The van der Waals surface area contributed by atoms with Crippen LogP contribution in [0.4, 0.5) is 5.69 Å².